The summed E-state index contributed by atoms with van der Waals surface area (Å²) in [4.78, 5) is 4.24. The lowest BCUT2D eigenvalue weighted by atomic mass is 9.94. The number of ether oxygens (including phenoxy) is 2. The Balaban J connectivity index is 1.83. The highest BCUT2D eigenvalue weighted by Crippen LogP contribution is 2.34. The molecule has 2 aromatic heterocycles. The van der Waals surface area contributed by atoms with Crippen LogP contribution < -0.4 is 14.8 Å². The van der Waals surface area contributed by atoms with Gasteiger partial charge in [-0.3, -0.25) is 0 Å². The van der Waals surface area contributed by atoms with Crippen LogP contribution in [0.4, 0.5) is 4.39 Å². The fraction of sp³-hybridized carbons (Fsp3) is 0.333. The average Bonchev–Trinajstić information content (AvgIpc) is 3.11. The number of methoxy groups -OCH3 is 2. The third-order valence-corrected chi connectivity index (χ3v) is 5.11. The van der Waals surface area contributed by atoms with Gasteiger partial charge in [-0.2, -0.15) is 5.10 Å². The summed E-state index contributed by atoms with van der Waals surface area (Å²) < 4.78 is 27.6. The lowest BCUT2D eigenvalue weighted by Gasteiger charge is -2.20. The highest BCUT2D eigenvalue weighted by Gasteiger charge is 2.27. The molecule has 1 saturated heterocycles. The third-order valence-electron chi connectivity index (χ3n) is 5.11. The molecule has 1 aliphatic heterocycles. The van der Waals surface area contributed by atoms with E-state index in [1.54, 1.807) is 37.2 Å². The smallest absolute Gasteiger partial charge is 0.212 e. The standard InChI is InChI=1S/C21H23FN4O2/c1-27-17-6-4-16(5-7-17)26-21(15-3-8-18(28-2)24-13-15)19(22)20(25-26)14-9-11-23-12-10-14/h3-8,13-14,23H,9-12H2,1-2H3. The number of nitrogens with zero attached hydrogens (tertiary/aromatic N) is 3. The number of rotatable bonds is 5. The number of benzene rings is 1. The second-order valence-electron chi connectivity index (χ2n) is 6.77. The lowest BCUT2D eigenvalue weighted by Crippen LogP contribution is -2.27. The summed E-state index contributed by atoms with van der Waals surface area (Å²) in [7, 11) is 3.17. The van der Waals surface area contributed by atoms with Gasteiger partial charge in [0.2, 0.25) is 5.88 Å². The molecule has 0 spiro atoms. The molecule has 1 N–H and O–H groups in total. The van der Waals surface area contributed by atoms with Gasteiger partial charge in [0.15, 0.2) is 5.82 Å². The van der Waals surface area contributed by atoms with Gasteiger partial charge in [-0.1, -0.05) is 0 Å². The van der Waals surface area contributed by atoms with Gasteiger partial charge in [-0.25, -0.2) is 14.1 Å². The predicted molar refractivity (Wildman–Crippen MR) is 105 cm³/mol. The van der Waals surface area contributed by atoms with Crippen LogP contribution in [0.2, 0.25) is 0 Å². The number of hydrogen-bond donors (Lipinski definition) is 1. The van der Waals surface area contributed by atoms with Crippen molar-refractivity contribution < 1.29 is 13.9 Å². The Morgan fingerprint density at radius 3 is 2.39 bits per heavy atom. The van der Waals surface area contributed by atoms with Crippen LogP contribution >= 0.6 is 0 Å². The summed E-state index contributed by atoms with van der Waals surface area (Å²) in [5.41, 5.74) is 2.35. The maximum absolute atomic E-state index is 15.6. The lowest BCUT2D eigenvalue weighted by molar-refractivity contribution is 0.398. The molecule has 28 heavy (non-hydrogen) atoms. The first kappa shape index (κ1) is 18.4. The fourth-order valence-electron chi connectivity index (χ4n) is 3.57. The van der Waals surface area contributed by atoms with Crippen molar-refractivity contribution in [2.24, 2.45) is 0 Å². The molecule has 3 heterocycles. The Morgan fingerprint density at radius 1 is 1.04 bits per heavy atom. The molecule has 0 radical (unpaired) electrons. The molecule has 0 aliphatic carbocycles. The normalized spacial score (nSPS) is 14.8. The zero-order chi connectivity index (χ0) is 19.5. The van der Waals surface area contributed by atoms with E-state index in [4.69, 9.17) is 14.6 Å². The van der Waals surface area contributed by atoms with E-state index in [1.165, 1.54) is 0 Å². The van der Waals surface area contributed by atoms with Gasteiger partial charge in [-0.15, -0.1) is 0 Å². The van der Waals surface area contributed by atoms with Crippen LogP contribution in [-0.2, 0) is 0 Å². The largest absolute Gasteiger partial charge is 0.497 e. The Morgan fingerprint density at radius 2 is 1.79 bits per heavy atom. The van der Waals surface area contributed by atoms with E-state index in [2.05, 4.69) is 10.3 Å². The SMILES string of the molecule is COc1ccc(-n2nc(C3CCNCC3)c(F)c2-c2ccc(OC)nc2)cc1. The monoisotopic (exact) mass is 382 g/mol. The maximum atomic E-state index is 15.6. The Bertz CT molecular complexity index is 932. The molecule has 0 atom stereocenters. The number of piperidine rings is 1. The van der Waals surface area contributed by atoms with E-state index >= 15 is 4.39 Å². The van der Waals surface area contributed by atoms with Crippen LogP contribution in [-0.4, -0.2) is 42.1 Å². The summed E-state index contributed by atoms with van der Waals surface area (Å²) in [5, 5.41) is 8.01. The number of pyridine rings is 1. The van der Waals surface area contributed by atoms with Crippen LogP contribution in [0.5, 0.6) is 11.6 Å². The molecule has 0 bridgehead atoms. The second-order valence-corrected chi connectivity index (χ2v) is 6.77. The van der Waals surface area contributed by atoms with E-state index in [0.717, 1.165) is 37.4 Å². The van der Waals surface area contributed by atoms with Crippen molar-refractivity contribution in [1.82, 2.24) is 20.1 Å². The molecular formula is C21H23FN4O2. The minimum Gasteiger partial charge on any atom is -0.497 e. The van der Waals surface area contributed by atoms with E-state index < -0.39 is 0 Å². The van der Waals surface area contributed by atoms with Crippen LogP contribution in [0.3, 0.4) is 0 Å². The summed E-state index contributed by atoms with van der Waals surface area (Å²) in [6.07, 6.45) is 3.36. The summed E-state index contributed by atoms with van der Waals surface area (Å²) in [6.45, 7) is 1.75. The molecule has 1 fully saturated rings. The molecule has 7 heteroatoms. The minimum absolute atomic E-state index is 0.103. The van der Waals surface area contributed by atoms with Gasteiger partial charge in [-0.05, 0) is 56.3 Å². The molecule has 1 aliphatic rings. The van der Waals surface area contributed by atoms with E-state index in [0.29, 0.717) is 22.8 Å². The number of hydrogen-bond acceptors (Lipinski definition) is 5. The molecule has 1 aromatic carbocycles. The summed E-state index contributed by atoms with van der Waals surface area (Å²) in [6, 6.07) is 11.0. The Hall–Kier alpha value is -2.93. The first-order chi connectivity index (χ1) is 13.7. The van der Waals surface area contributed by atoms with E-state index in [9.17, 15) is 0 Å². The predicted octanol–water partition coefficient (Wildman–Crippen LogP) is 3.56. The number of aromatic nitrogens is 3. The molecule has 146 valence electrons. The molecule has 0 amide bonds. The minimum atomic E-state index is -0.283. The fourth-order valence-corrected chi connectivity index (χ4v) is 3.57. The Kier molecular flexibility index (Phi) is 5.25. The quantitative estimate of drug-likeness (QED) is 0.731. The zero-order valence-electron chi connectivity index (χ0n) is 16.0. The van der Waals surface area contributed by atoms with Crippen molar-refractivity contribution >= 4 is 0 Å². The van der Waals surface area contributed by atoms with Gasteiger partial charge in [0.1, 0.15) is 17.1 Å². The van der Waals surface area contributed by atoms with E-state index in [1.807, 2.05) is 24.3 Å². The van der Waals surface area contributed by atoms with Crippen LogP contribution in [0.25, 0.3) is 16.9 Å². The van der Waals surface area contributed by atoms with Crippen LogP contribution in [0.15, 0.2) is 42.6 Å². The highest BCUT2D eigenvalue weighted by atomic mass is 19.1. The van der Waals surface area contributed by atoms with Gasteiger partial charge in [0.25, 0.3) is 0 Å². The summed E-state index contributed by atoms with van der Waals surface area (Å²) in [5.74, 6) is 1.04. The number of halogens is 1. The molecule has 3 aromatic rings. The third kappa shape index (κ3) is 3.45. The van der Waals surface area contributed by atoms with Crippen LogP contribution in [0, 0.1) is 5.82 Å². The maximum Gasteiger partial charge on any atom is 0.212 e. The number of nitrogens with one attached hydrogen (secondary N) is 1. The van der Waals surface area contributed by atoms with Crippen molar-refractivity contribution in [3.05, 3.63) is 54.1 Å². The van der Waals surface area contributed by atoms with E-state index in [-0.39, 0.29) is 11.7 Å². The van der Waals surface area contributed by atoms with Gasteiger partial charge in [0, 0.05) is 23.7 Å². The Labute approximate surface area is 163 Å². The van der Waals surface area contributed by atoms with Gasteiger partial charge < -0.3 is 14.8 Å². The molecule has 6 nitrogen and oxygen atoms in total. The van der Waals surface area contributed by atoms with Crippen molar-refractivity contribution in [3.8, 4) is 28.6 Å². The zero-order valence-corrected chi connectivity index (χ0v) is 16.0. The average molecular weight is 382 g/mol. The molecule has 4 rings (SSSR count). The van der Waals surface area contributed by atoms with Crippen molar-refractivity contribution in [3.63, 3.8) is 0 Å². The summed E-state index contributed by atoms with van der Waals surface area (Å²) >= 11 is 0. The van der Waals surface area contributed by atoms with Gasteiger partial charge in [0.05, 0.1) is 19.9 Å². The highest BCUT2D eigenvalue weighted by molar-refractivity contribution is 5.63. The topological polar surface area (TPSA) is 61.2 Å². The first-order valence-corrected chi connectivity index (χ1v) is 9.35. The van der Waals surface area contributed by atoms with Crippen molar-refractivity contribution in [2.45, 2.75) is 18.8 Å². The second kappa shape index (κ2) is 7.98. The van der Waals surface area contributed by atoms with Crippen LogP contribution in [0.1, 0.15) is 24.5 Å². The molecular weight excluding hydrogens is 359 g/mol. The van der Waals surface area contributed by atoms with Crippen molar-refractivity contribution in [1.29, 1.82) is 0 Å². The molecule has 0 saturated carbocycles. The molecule has 0 unspecified atom stereocenters. The van der Waals surface area contributed by atoms with Gasteiger partial charge >= 0.3 is 0 Å². The first-order valence-electron chi connectivity index (χ1n) is 9.35. The van der Waals surface area contributed by atoms with Crippen molar-refractivity contribution in [2.75, 3.05) is 27.3 Å².